The van der Waals surface area contributed by atoms with Crippen LogP contribution in [0.2, 0.25) is 5.02 Å². The van der Waals surface area contributed by atoms with Crippen LogP contribution in [0.25, 0.3) is 0 Å². The van der Waals surface area contributed by atoms with Gasteiger partial charge in [-0.1, -0.05) is 35.4 Å². The van der Waals surface area contributed by atoms with Gasteiger partial charge in [-0.05, 0) is 62.9 Å². The zero-order valence-electron chi connectivity index (χ0n) is 17.4. The Balaban J connectivity index is 1.67. The monoisotopic (exact) mass is 464 g/mol. The number of anilines is 1. The van der Waals surface area contributed by atoms with Gasteiger partial charge >= 0.3 is 5.97 Å². The number of carbonyl (C=O) groups is 2. The molecule has 9 heteroatoms. The average molecular weight is 465 g/mol. The number of ether oxygens (including phenoxy) is 1. The zero-order valence-corrected chi connectivity index (χ0v) is 19.0. The Hall–Kier alpha value is -2.42. The van der Waals surface area contributed by atoms with E-state index in [1.165, 1.54) is 16.4 Å². The maximum absolute atomic E-state index is 13.1. The molecule has 1 N–H and O–H groups in total. The Labute approximate surface area is 187 Å². The SMILES string of the molecule is Cc1ccc(S(=O)(=O)N2CCCCC2C(=O)OCC(=O)Nc2cc(Cl)ccc2C)cc1. The summed E-state index contributed by atoms with van der Waals surface area (Å²) in [6.07, 6.45) is 1.70. The van der Waals surface area contributed by atoms with Crippen molar-refractivity contribution in [2.75, 3.05) is 18.5 Å². The molecule has 0 aliphatic carbocycles. The van der Waals surface area contributed by atoms with Crippen LogP contribution in [0.15, 0.2) is 47.4 Å². The van der Waals surface area contributed by atoms with Crippen LogP contribution in [0.3, 0.4) is 0 Å². The third-order valence-corrected chi connectivity index (χ3v) is 7.33. The summed E-state index contributed by atoms with van der Waals surface area (Å²) < 4.78 is 32.5. The van der Waals surface area contributed by atoms with Gasteiger partial charge in [-0.2, -0.15) is 4.31 Å². The van der Waals surface area contributed by atoms with Crippen LogP contribution in [0.1, 0.15) is 30.4 Å². The molecule has 166 valence electrons. The van der Waals surface area contributed by atoms with Crippen LogP contribution in [0.4, 0.5) is 5.69 Å². The van der Waals surface area contributed by atoms with Crippen LogP contribution in [0.5, 0.6) is 0 Å². The van der Waals surface area contributed by atoms with Crippen LogP contribution >= 0.6 is 11.6 Å². The van der Waals surface area contributed by atoms with Gasteiger partial charge in [-0.25, -0.2) is 8.42 Å². The highest BCUT2D eigenvalue weighted by atomic mass is 35.5. The number of aryl methyl sites for hydroxylation is 2. The minimum atomic E-state index is -3.85. The fourth-order valence-electron chi connectivity index (χ4n) is 3.42. The molecule has 0 bridgehead atoms. The summed E-state index contributed by atoms with van der Waals surface area (Å²) in [5, 5.41) is 3.12. The normalized spacial score (nSPS) is 17.2. The van der Waals surface area contributed by atoms with Crippen molar-refractivity contribution >= 4 is 39.2 Å². The van der Waals surface area contributed by atoms with E-state index >= 15 is 0 Å². The Morgan fingerprint density at radius 1 is 1.13 bits per heavy atom. The molecule has 1 fully saturated rings. The van der Waals surface area contributed by atoms with Crippen molar-refractivity contribution in [2.24, 2.45) is 0 Å². The lowest BCUT2D eigenvalue weighted by Crippen LogP contribution is -2.48. The molecule has 0 radical (unpaired) electrons. The van der Waals surface area contributed by atoms with E-state index in [1.807, 2.05) is 13.8 Å². The molecule has 1 unspecified atom stereocenters. The first kappa shape index (κ1) is 23.2. The largest absolute Gasteiger partial charge is 0.454 e. The number of sulfonamides is 1. The summed E-state index contributed by atoms with van der Waals surface area (Å²) in [7, 11) is -3.85. The summed E-state index contributed by atoms with van der Waals surface area (Å²) in [6.45, 7) is 3.39. The lowest BCUT2D eigenvalue weighted by molar-refractivity contribution is -0.152. The van der Waals surface area contributed by atoms with Gasteiger partial charge in [-0.3, -0.25) is 9.59 Å². The van der Waals surface area contributed by atoms with E-state index in [4.69, 9.17) is 16.3 Å². The van der Waals surface area contributed by atoms with Crippen LogP contribution in [-0.2, 0) is 24.3 Å². The van der Waals surface area contributed by atoms with Gasteiger partial charge in [0.2, 0.25) is 10.0 Å². The number of halogens is 1. The van der Waals surface area contributed by atoms with E-state index in [1.54, 1.807) is 30.3 Å². The first-order valence-corrected chi connectivity index (χ1v) is 11.8. The number of benzene rings is 2. The number of carbonyl (C=O) groups excluding carboxylic acids is 2. The summed E-state index contributed by atoms with van der Waals surface area (Å²) in [6, 6.07) is 10.6. The first-order chi connectivity index (χ1) is 14.7. The molecular formula is C22H25ClN2O5S. The Morgan fingerprint density at radius 3 is 2.55 bits per heavy atom. The zero-order chi connectivity index (χ0) is 22.6. The molecule has 1 atom stereocenters. The minimum absolute atomic E-state index is 0.131. The summed E-state index contributed by atoms with van der Waals surface area (Å²) in [5.74, 6) is -1.25. The number of rotatable bonds is 6. The number of hydrogen-bond donors (Lipinski definition) is 1. The van der Waals surface area contributed by atoms with Gasteiger partial charge in [0, 0.05) is 17.3 Å². The molecule has 1 heterocycles. The van der Waals surface area contributed by atoms with Gasteiger partial charge in [-0.15, -0.1) is 0 Å². The van der Waals surface area contributed by atoms with Crippen LogP contribution in [-0.4, -0.2) is 43.8 Å². The van der Waals surface area contributed by atoms with Gasteiger partial charge < -0.3 is 10.1 Å². The van der Waals surface area contributed by atoms with Gasteiger partial charge in [0.1, 0.15) is 6.04 Å². The Kier molecular flexibility index (Phi) is 7.35. The second kappa shape index (κ2) is 9.80. The molecular weight excluding hydrogens is 440 g/mol. The molecule has 1 aliphatic rings. The standard InChI is InChI=1S/C22H25ClN2O5S/c1-15-6-10-18(11-7-15)31(28,29)25-12-4-3-5-20(25)22(27)30-14-21(26)24-19-13-17(23)9-8-16(19)2/h6-11,13,20H,3-5,12,14H2,1-2H3,(H,24,26). The van der Waals surface area contributed by atoms with Crippen molar-refractivity contribution in [1.29, 1.82) is 0 Å². The highest BCUT2D eigenvalue weighted by molar-refractivity contribution is 7.89. The second-order valence-corrected chi connectivity index (χ2v) is 9.88. The summed E-state index contributed by atoms with van der Waals surface area (Å²) in [5.41, 5.74) is 2.27. The maximum Gasteiger partial charge on any atom is 0.324 e. The third kappa shape index (κ3) is 5.64. The van der Waals surface area contributed by atoms with Gasteiger partial charge in [0.25, 0.3) is 5.91 Å². The van der Waals surface area contributed by atoms with Gasteiger partial charge in [0.15, 0.2) is 6.61 Å². The molecule has 0 saturated carbocycles. The van der Waals surface area contributed by atoms with Crippen molar-refractivity contribution in [2.45, 2.75) is 44.0 Å². The quantitative estimate of drug-likeness (QED) is 0.658. The number of nitrogens with zero attached hydrogens (tertiary/aromatic N) is 1. The summed E-state index contributed by atoms with van der Waals surface area (Å²) >= 11 is 5.95. The number of nitrogens with one attached hydrogen (secondary N) is 1. The van der Waals surface area contributed by atoms with E-state index in [0.717, 1.165) is 11.1 Å². The number of esters is 1. The van der Waals surface area contributed by atoms with E-state index in [9.17, 15) is 18.0 Å². The average Bonchev–Trinajstić information content (AvgIpc) is 2.75. The second-order valence-electron chi connectivity index (χ2n) is 7.56. The molecule has 1 aliphatic heterocycles. The van der Waals surface area contributed by atoms with Crippen LogP contribution in [0, 0.1) is 13.8 Å². The predicted molar refractivity (Wildman–Crippen MR) is 118 cm³/mol. The summed E-state index contributed by atoms with van der Waals surface area (Å²) in [4.78, 5) is 25.1. The molecule has 0 aromatic heterocycles. The first-order valence-electron chi connectivity index (χ1n) is 9.99. The molecule has 7 nitrogen and oxygen atoms in total. The van der Waals surface area contributed by atoms with Gasteiger partial charge in [0.05, 0.1) is 4.90 Å². The smallest absolute Gasteiger partial charge is 0.324 e. The number of piperidine rings is 1. The van der Waals surface area contributed by atoms with E-state index in [2.05, 4.69) is 5.32 Å². The molecule has 0 spiro atoms. The van der Waals surface area contributed by atoms with E-state index in [0.29, 0.717) is 30.0 Å². The highest BCUT2D eigenvalue weighted by Gasteiger charge is 2.38. The van der Waals surface area contributed by atoms with Crippen molar-refractivity contribution in [3.05, 3.63) is 58.6 Å². The van der Waals surface area contributed by atoms with Crippen molar-refractivity contribution in [3.8, 4) is 0 Å². The van der Waals surface area contributed by atoms with Crippen molar-refractivity contribution in [1.82, 2.24) is 4.31 Å². The lowest BCUT2D eigenvalue weighted by Gasteiger charge is -2.33. The molecule has 2 aromatic carbocycles. The number of amides is 1. The number of hydrogen-bond acceptors (Lipinski definition) is 5. The predicted octanol–water partition coefficient (Wildman–Crippen LogP) is 3.68. The Morgan fingerprint density at radius 2 is 1.84 bits per heavy atom. The molecule has 1 saturated heterocycles. The fraction of sp³-hybridized carbons (Fsp3) is 0.364. The highest BCUT2D eigenvalue weighted by Crippen LogP contribution is 2.26. The van der Waals surface area contributed by atoms with E-state index < -0.39 is 34.5 Å². The maximum atomic E-state index is 13.1. The van der Waals surface area contributed by atoms with Crippen molar-refractivity contribution in [3.63, 3.8) is 0 Å². The van der Waals surface area contributed by atoms with Crippen molar-refractivity contribution < 1.29 is 22.7 Å². The molecule has 3 rings (SSSR count). The molecule has 1 amide bonds. The molecule has 31 heavy (non-hydrogen) atoms. The topological polar surface area (TPSA) is 92.8 Å². The third-order valence-electron chi connectivity index (χ3n) is 5.17. The van der Waals surface area contributed by atoms with E-state index in [-0.39, 0.29) is 11.4 Å². The lowest BCUT2D eigenvalue weighted by atomic mass is 10.1. The van der Waals surface area contributed by atoms with Crippen LogP contribution < -0.4 is 5.32 Å². The fourth-order valence-corrected chi connectivity index (χ4v) is 5.24. The Bertz CT molecular complexity index is 1070. The molecule has 2 aromatic rings. The minimum Gasteiger partial charge on any atom is -0.454 e.